The summed E-state index contributed by atoms with van der Waals surface area (Å²) in [5, 5.41) is 0. The molecule has 1 amide bonds. The standard InChI is InChI=1S/C10H18N2O/c1-4-5-10(13)12-7-6-11(3)9(2)8-12/h4-5,9H,6-8H2,1-3H3. The Labute approximate surface area is 80.0 Å². The number of likely N-dealkylation sites (N-methyl/N-ethyl adjacent to an activating group) is 1. The Kier molecular flexibility index (Phi) is 3.48. The number of piperazine rings is 1. The summed E-state index contributed by atoms with van der Waals surface area (Å²) in [6, 6.07) is 0.475. The van der Waals surface area contributed by atoms with E-state index in [1.165, 1.54) is 0 Å². The van der Waals surface area contributed by atoms with Gasteiger partial charge in [-0.25, -0.2) is 0 Å². The molecule has 1 aliphatic rings. The summed E-state index contributed by atoms with van der Waals surface area (Å²) in [4.78, 5) is 15.7. The zero-order valence-electron chi connectivity index (χ0n) is 8.66. The van der Waals surface area contributed by atoms with Crippen LogP contribution in [-0.4, -0.2) is 48.4 Å². The van der Waals surface area contributed by atoms with Gasteiger partial charge in [-0.1, -0.05) is 6.08 Å². The number of hydrogen-bond donors (Lipinski definition) is 0. The van der Waals surface area contributed by atoms with Crippen LogP contribution in [0.2, 0.25) is 0 Å². The first kappa shape index (κ1) is 10.3. The molecule has 1 atom stereocenters. The van der Waals surface area contributed by atoms with Crippen molar-refractivity contribution in [2.75, 3.05) is 26.7 Å². The summed E-state index contributed by atoms with van der Waals surface area (Å²) in [7, 11) is 2.10. The van der Waals surface area contributed by atoms with Crippen molar-refractivity contribution in [3.63, 3.8) is 0 Å². The minimum Gasteiger partial charge on any atom is -0.336 e. The highest BCUT2D eigenvalue weighted by atomic mass is 16.2. The predicted molar refractivity (Wildman–Crippen MR) is 53.5 cm³/mol. The van der Waals surface area contributed by atoms with Crippen LogP contribution in [0, 0.1) is 0 Å². The van der Waals surface area contributed by atoms with Gasteiger partial charge in [-0.05, 0) is 27.0 Å². The first-order valence-corrected chi connectivity index (χ1v) is 4.77. The second-order valence-electron chi connectivity index (χ2n) is 3.61. The van der Waals surface area contributed by atoms with Gasteiger partial charge in [0.15, 0.2) is 0 Å². The predicted octanol–water partition coefficient (Wildman–Crippen LogP) is 0.725. The van der Waals surface area contributed by atoms with E-state index in [9.17, 15) is 4.79 Å². The van der Waals surface area contributed by atoms with Gasteiger partial charge in [-0.2, -0.15) is 0 Å². The van der Waals surface area contributed by atoms with Crippen LogP contribution in [0.25, 0.3) is 0 Å². The van der Waals surface area contributed by atoms with Crippen molar-refractivity contribution in [2.24, 2.45) is 0 Å². The zero-order chi connectivity index (χ0) is 9.84. The summed E-state index contributed by atoms with van der Waals surface area (Å²) in [6.45, 7) is 6.70. The monoisotopic (exact) mass is 182 g/mol. The smallest absolute Gasteiger partial charge is 0.246 e. The van der Waals surface area contributed by atoms with E-state index in [2.05, 4.69) is 18.9 Å². The highest BCUT2D eigenvalue weighted by Crippen LogP contribution is 2.07. The van der Waals surface area contributed by atoms with Crippen LogP contribution in [0.15, 0.2) is 12.2 Å². The topological polar surface area (TPSA) is 23.6 Å². The van der Waals surface area contributed by atoms with Crippen LogP contribution >= 0.6 is 0 Å². The Balaban J connectivity index is 2.50. The lowest BCUT2D eigenvalue weighted by Crippen LogP contribution is -2.51. The molecule has 0 bridgehead atoms. The Hall–Kier alpha value is -0.830. The molecule has 1 unspecified atom stereocenters. The Bertz CT molecular complexity index is 213. The number of carbonyl (C=O) groups is 1. The molecule has 0 N–H and O–H groups in total. The highest BCUT2D eigenvalue weighted by molar-refractivity contribution is 5.87. The van der Waals surface area contributed by atoms with Gasteiger partial charge in [-0.15, -0.1) is 0 Å². The summed E-state index contributed by atoms with van der Waals surface area (Å²) in [6.07, 6.45) is 3.43. The summed E-state index contributed by atoms with van der Waals surface area (Å²) < 4.78 is 0. The SMILES string of the molecule is CC=CC(=O)N1CCN(C)C(C)C1. The van der Waals surface area contributed by atoms with E-state index in [1.54, 1.807) is 12.2 Å². The summed E-state index contributed by atoms with van der Waals surface area (Å²) in [5.41, 5.74) is 0. The number of carbonyl (C=O) groups excluding carboxylic acids is 1. The zero-order valence-corrected chi connectivity index (χ0v) is 8.66. The molecule has 0 spiro atoms. The maximum atomic E-state index is 11.5. The Morgan fingerprint density at radius 1 is 1.46 bits per heavy atom. The first-order valence-electron chi connectivity index (χ1n) is 4.77. The number of nitrogens with zero attached hydrogens (tertiary/aromatic N) is 2. The van der Waals surface area contributed by atoms with E-state index in [1.807, 2.05) is 11.8 Å². The van der Waals surface area contributed by atoms with Gasteiger partial charge in [0.05, 0.1) is 0 Å². The third-order valence-corrected chi connectivity index (χ3v) is 2.58. The van der Waals surface area contributed by atoms with E-state index < -0.39 is 0 Å². The lowest BCUT2D eigenvalue weighted by molar-refractivity contribution is -0.128. The third kappa shape index (κ3) is 2.56. The van der Waals surface area contributed by atoms with Crippen LogP contribution in [-0.2, 0) is 4.79 Å². The minimum absolute atomic E-state index is 0.141. The van der Waals surface area contributed by atoms with Crippen molar-refractivity contribution < 1.29 is 4.79 Å². The molecular weight excluding hydrogens is 164 g/mol. The van der Waals surface area contributed by atoms with Crippen LogP contribution in [0.3, 0.4) is 0 Å². The number of allylic oxidation sites excluding steroid dienone is 1. The summed E-state index contributed by atoms with van der Waals surface area (Å²) in [5.74, 6) is 0.141. The fraction of sp³-hybridized carbons (Fsp3) is 0.700. The van der Waals surface area contributed by atoms with Crippen LogP contribution in [0.1, 0.15) is 13.8 Å². The van der Waals surface area contributed by atoms with E-state index in [0.717, 1.165) is 19.6 Å². The number of amides is 1. The highest BCUT2D eigenvalue weighted by Gasteiger charge is 2.22. The molecule has 1 aliphatic heterocycles. The third-order valence-electron chi connectivity index (χ3n) is 2.58. The van der Waals surface area contributed by atoms with Gasteiger partial charge in [0.25, 0.3) is 0 Å². The van der Waals surface area contributed by atoms with Crippen LogP contribution in [0.5, 0.6) is 0 Å². The molecule has 0 aromatic heterocycles. The second-order valence-corrected chi connectivity index (χ2v) is 3.61. The lowest BCUT2D eigenvalue weighted by atomic mass is 10.2. The molecule has 3 heteroatoms. The van der Waals surface area contributed by atoms with E-state index in [4.69, 9.17) is 0 Å². The molecule has 1 rings (SSSR count). The average molecular weight is 182 g/mol. The van der Waals surface area contributed by atoms with Crippen LogP contribution in [0.4, 0.5) is 0 Å². The molecule has 1 fully saturated rings. The fourth-order valence-electron chi connectivity index (χ4n) is 1.50. The largest absolute Gasteiger partial charge is 0.336 e. The molecule has 0 aliphatic carbocycles. The first-order chi connectivity index (χ1) is 6.15. The molecule has 0 saturated carbocycles. The van der Waals surface area contributed by atoms with Gasteiger partial charge >= 0.3 is 0 Å². The van der Waals surface area contributed by atoms with E-state index in [-0.39, 0.29) is 5.91 Å². The summed E-state index contributed by atoms with van der Waals surface area (Å²) >= 11 is 0. The Morgan fingerprint density at radius 2 is 2.15 bits per heavy atom. The molecule has 1 heterocycles. The lowest BCUT2D eigenvalue weighted by Gasteiger charge is -2.37. The number of hydrogen-bond acceptors (Lipinski definition) is 2. The Morgan fingerprint density at radius 3 is 2.69 bits per heavy atom. The quantitative estimate of drug-likeness (QED) is 0.558. The molecule has 0 aromatic carbocycles. The molecule has 74 valence electrons. The van der Waals surface area contributed by atoms with Gasteiger partial charge in [0.1, 0.15) is 0 Å². The molecular formula is C10H18N2O. The van der Waals surface area contributed by atoms with Gasteiger partial charge in [0.2, 0.25) is 5.91 Å². The maximum absolute atomic E-state index is 11.5. The molecule has 0 radical (unpaired) electrons. The molecule has 13 heavy (non-hydrogen) atoms. The van der Waals surface area contributed by atoms with Crippen molar-refractivity contribution in [2.45, 2.75) is 19.9 Å². The maximum Gasteiger partial charge on any atom is 0.246 e. The molecule has 0 aromatic rings. The van der Waals surface area contributed by atoms with Crippen molar-refractivity contribution in [1.29, 1.82) is 0 Å². The van der Waals surface area contributed by atoms with Crippen molar-refractivity contribution in [1.82, 2.24) is 9.80 Å². The van der Waals surface area contributed by atoms with Crippen molar-refractivity contribution >= 4 is 5.91 Å². The molecule has 1 saturated heterocycles. The minimum atomic E-state index is 0.141. The van der Waals surface area contributed by atoms with E-state index >= 15 is 0 Å². The average Bonchev–Trinajstić information content (AvgIpc) is 2.10. The molecule has 3 nitrogen and oxygen atoms in total. The van der Waals surface area contributed by atoms with Crippen LogP contribution < -0.4 is 0 Å². The fourth-order valence-corrected chi connectivity index (χ4v) is 1.50. The van der Waals surface area contributed by atoms with Gasteiger partial charge < -0.3 is 9.80 Å². The normalized spacial score (nSPS) is 25.5. The second kappa shape index (κ2) is 4.42. The van der Waals surface area contributed by atoms with Gasteiger partial charge in [0, 0.05) is 25.7 Å². The number of rotatable bonds is 1. The van der Waals surface area contributed by atoms with Crippen molar-refractivity contribution in [3.05, 3.63) is 12.2 Å². The van der Waals surface area contributed by atoms with Gasteiger partial charge in [-0.3, -0.25) is 4.79 Å². The van der Waals surface area contributed by atoms with E-state index in [0.29, 0.717) is 6.04 Å². The van der Waals surface area contributed by atoms with Crippen molar-refractivity contribution in [3.8, 4) is 0 Å².